The lowest BCUT2D eigenvalue weighted by atomic mass is 10.0. The largest absolute Gasteiger partial charge is 0.450 e. The SMILES string of the molecule is CCOC(=O)NC(=O)C[NH+](CC)CC(=O)N[C@@H](C)c1ccc(C)c(C)c1. The van der Waals surface area contributed by atoms with Crippen LogP contribution in [0, 0.1) is 13.8 Å². The van der Waals surface area contributed by atoms with Crippen molar-refractivity contribution >= 4 is 17.9 Å². The number of benzene rings is 1. The quantitative estimate of drug-likeness (QED) is 0.632. The van der Waals surface area contributed by atoms with Gasteiger partial charge < -0.3 is 15.0 Å². The fraction of sp³-hybridized carbons (Fsp3) is 0.526. The molecule has 3 amide bonds. The van der Waals surface area contributed by atoms with Gasteiger partial charge in [0.15, 0.2) is 13.1 Å². The van der Waals surface area contributed by atoms with Crippen LogP contribution in [-0.2, 0) is 14.3 Å². The third kappa shape index (κ3) is 7.23. The predicted octanol–water partition coefficient (Wildman–Crippen LogP) is 0.658. The van der Waals surface area contributed by atoms with Crippen LogP contribution < -0.4 is 15.5 Å². The molecule has 2 atom stereocenters. The number of rotatable bonds is 8. The molecule has 26 heavy (non-hydrogen) atoms. The number of nitrogens with one attached hydrogen (secondary N) is 3. The Balaban J connectivity index is 2.54. The molecule has 3 N–H and O–H groups in total. The molecule has 1 rings (SSSR count). The van der Waals surface area contributed by atoms with E-state index in [2.05, 4.69) is 21.4 Å². The van der Waals surface area contributed by atoms with E-state index in [-0.39, 0.29) is 31.6 Å². The Morgan fingerprint density at radius 1 is 1.08 bits per heavy atom. The van der Waals surface area contributed by atoms with Crippen molar-refractivity contribution < 1.29 is 24.0 Å². The Morgan fingerprint density at radius 2 is 1.73 bits per heavy atom. The van der Waals surface area contributed by atoms with E-state index in [1.807, 2.05) is 39.8 Å². The summed E-state index contributed by atoms with van der Waals surface area (Å²) in [6, 6.07) is 5.99. The number of aryl methyl sites for hydroxylation is 2. The van der Waals surface area contributed by atoms with Crippen LogP contribution in [0.15, 0.2) is 18.2 Å². The van der Waals surface area contributed by atoms with Crippen molar-refractivity contribution in [2.24, 2.45) is 0 Å². The van der Waals surface area contributed by atoms with E-state index in [4.69, 9.17) is 0 Å². The second-order valence-corrected chi connectivity index (χ2v) is 6.36. The monoisotopic (exact) mass is 364 g/mol. The van der Waals surface area contributed by atoms with Crippen molar-refractivity contribution in [1.29, 1.82) is 0 Å². The fourth-order valence-corrected chi connectivity index (χ4v) is 2.50. The Bertz CT molecular complexity index is 646. The zero-order chi connectivity index (χ0) is 19.7. The summed E-state index contributed by atoms with van der Waals surface area (Å²) >= 11 is 0. The standard InChI is InChI=1S/C19H29N3O4/c1-6-22(12-18(24)21-19(25)26-7-2)11-17(23)20-15(5)16-9-8-13(3)14(4)10-16/h8-10,15H,6-7,11-12H2,1-5H3,(H,20,23)(H,21,24,25)/p+1/t15-/m0/s1. The number of ether oxygens (including phenoxy) is 1. The van der Waals surface area contributed by atoms with Gasteiger partial charge in [0.1, 0.15) is 0 Å². The number of imide groups is 1. The van der Waals surface area contributed by atoms with E-state index >= 15 is 0 Å². The summed E-state index contributed by atoms with van der Waals surface area (Å²) in [5, 5.41) is 5.10. The summed E-state index contributed by atoms with van der Waals surface area (Å²) in [6.45, 7) is 10.5. The zero-order valence-corrected chi connectivity index (χ0v) is 16.3. The lowest BCUT2D eigenvalue weighted by Gasteiger charge is -2.19. The maximum absolute atomic E-state index is 12.3. The lowest BCUT2D eigenvalue weighted by molar-refractivity contribution is -0.881. The van der Waals surface area contributed by atoms with Gasteiger partial charge in [-0.05, 0) is 51.3 Å². The van der Waals surface area contributed by atoms with Gasteiger partial charge in [0, 0.05) is 0 Å². The summed E-state index contributed by atoms with van der Waals surface area (Å²) in [5.41, 5.74) is 3.43. The summed E-state index contributed by atoms with van der Waals surface area (Å²) in [4.78, 5) is 36.1. The smallest absolute Gasteiger partial charge is 0.414 e. The molecule has 0 spiro atoms. The molecule has 0 aliphatic carbocycles. The van der Waals surface area contributed by atoms with Crippen LogP contribution in [-0.4, -0.2) is 44.1 Å². The molecule has 0 radical (unpaired) electrons. The van der Waals surface area contributed by atoms with E-state index < -0.39 is 12.0 Å². The first kappa shape index (κ1) is 21.6. The molecule has 0 aliphatic rings. The Hall–Kier alpha value is -2.41. The predicted molar refractivity (Wildman–Crippen MR) is 98.9 cm³/mol. The molecule has 0 fully saturated rings. The van der Waals surface area contributed by atoms with Crippen LogP contribution in [0.25, 0.3) is 0 Å². The highest BCUT2D eigenvalue weighted by molar-refractivity contribution is 5.92. The normalized spacial score (nSPS) is 12.8. The Labute approximate surface area is 155 Å². The van der Waals surface area contributed by atoms with Crippen molar-refractivity contribution in [3.05, 3.63) is 34.9 Å². The fourth-order valence-electron chi connectivity index (χ4n) is 2.50. The number of carbonyl (C=O) groups excluding carboxylic acids is 3. The van der Waals surface area contributed by atoms with E-state index in [1.54, 1.807) is 6.92 Å². The van der Waals surface area contributed by atoms with Gasteiger partial charge in [-0.2, -0.15) is 0 Å². The van der Waals surface area contributed by atoms with Gasteiger partial charge in [-0.25, -0.2) is 4.79 Å². The molecule has 1 unspecified atom stereocenters. The lowest BCUT2D eigenvalue weighted by Crippen LogP contribution is -3.14. The molecule has 0 aliphatic heterocycles. The van der Waals surface area contributed by atoms with Gasteiger partial charge in [-0.3, -0.25) is 14.9 Å². The van der Waals surface area contributed by atoms with Crippen LogP contribution in [0.4, 0.5) is 4.79 Å². The van der Waals surface area contributed by atoms with Crippen LogP contribution in [0.3, 0.4) is 0 Å². The Kier molecular flexibility index (Phi) is 8.78. The summed E-state index contributed by atoms with van der Waals surface area (Å²) in [6.07, 6.45) is -0.763. The number of alkyl carbamates (subject to hydrolysis) is 1. The van der Waals surface area contributed by atoms with Gasteiger partial charge in [0.2, 0.25) is 0 Å². The van der Waals surface area contributed by atoms with Crippen molar-refractivity contribution in [3.63, 3.8) is 0 Å². The molecule has 7 heteroatoms. The minimum Gasteiger partial charge on any atom is -0.450 e. The summed E-state index contributed by atoms with van der Waals surface area (Å²) < 4.78 is 4.67. The summed E-state index contributed by atoms with van der Waals surface area (Å²) in [7, 11) is 0. The molecule has 0 saturated carbocycles. The topological polar surface area (TPSA) is 88.9 Å². The van der Waals surface area contributed by atoms with Gasteiger partial charge in [-0.15, -0.1) is 0 Å². The Morgan fingerprint density at radius 3 is 2.31 bits per heavy atom. The molecule has 0 heterocycles. The van der Waals surface area contributed by atoms with E-state index in [1.165, 1.54) is 11.1 Å². The number of carbonyl (C=O) groups is 3. The van der Waals surface area contributed by atoms with Gasteiger partial charge >= 0.3 is 6.09 Å². The van der Waals surface area contributed by atoms with Gasteiger partial charge in [-0.1, -0.05) is 18.2 Å². The van der Waals surface area contributed by atoms with E-state index in [0.29, 0.717) is 6.54 Å². The van der Waals surface area contributed by atoms with E-state index in [9.17, 15) is 14.4 Å². The molecule has 7 nitrogen and oxygen atoms in total. The number of quaternary nitrogens is 1. The highest BCUT2D eigenvalue weighted by Crippen LogP contribution is 2.16. The van der Waals surface area contributed by atoms with Gasteiger partial charge in [0.25, 0.3) is 11.8 Å². The molecule has 144 valence electrons. The maximum Gasteiger partial charge on any atom is 0.414 e. The number of likely N-dealkylation sites (N-methyl/N-ethyl adjacent to an activating group) is 1. The minimum absolute atomic E-state index is 0.0285. The zero-order valence-electron chi connectivity index (χ0n) is 16.3. The highest BCUT2D eigenvalue weighted by atomic mass is 16.5. The average molecular weight is 364 g/mol. The first-order chi connectivity index (χ1) is 12.3. The van der Waals surface area contributed by atoms with E-state index in [0.717, 1.165) is 10.5 Å². The van der Waals surface area contributed by atoms with Crippen LogP contribution in [0.5, 0.6) is 0 Å². The molecule has 0 bridgehead atoms. The molecule has 0 saturated heterocycles. The van der Waals surface area contributed by atoms with Crippen molar-refractivity contribution in [3.8, 4) is 0 Å². The molecule has 0 aromatic heterocycles. The average Bonchev–Trinajstić information content (AvgIpc) is 2.56. The first-order valence-corrected chi connectivity index (χ1v) is 8.93. The maximum atomic E-state index is 12.3. The van der Waals surface area contributed by atoms with Crippen LogP contribution in [0.1, 0.15) is 43.5 Å². The minimum atomic E-state index is -0.763. The molecular formula is C19H30N3O4+. The number of hydrogen-bond acceptors (Lipinski definition) is 4. The first-order valence-electron chi connectivity index (χ1n) is 8.93. The third-order valence-corrected chi connectivity index (χ3v) is 4.25. The third-order valence-electron chi connectivity index (χ3n) is 4.25. The van der Waals surface area contributed by atoms with Crippen molar-refractivity contribution in [2.45, 2.75) is 40.7 Å². The second kappa shape index (κ2) is 10.6. The molecule has 1 aromatic rings. The van der Waals surface area contributed by atoms with Crippen molar-refractivity contribution in [1.82, 2.24) is 10.6 Å². The van der Waals surface area contributed by atoms with Crippen LogP contribution >= 0.6 is 0 Å². The number of hydrogen-bond donors (Lipinski definition) is 3. The van der Waals surface area contributed by atoms with Crippen molar-refractivity contribution in [2.75, 3.05) is 26.2 Å². The van der Waals surface area contributed by atoms with Crippen LogP contribution in [0.2, 0.25) is 0 Å². The number of amides is 3. The highest BCUT2D eigenvalue weighted by Gasteiger charge is 2.20. The summed E-state index contributed by atoms with van der Waals surface area (Å²) in [5.74, 6) is -0.605. The van der Waals surface area contributed by atoms with Gasteiger partial charge in [0.05, 0.1) is 19.2 Å². The molecule has 1 aromatic carbocycles. The second-order valence-electron chi connectivity index (χ2n) is 6.36. The molecular weight excluding hydrogens is 334 g/mol.